The lowest BCUT2D eigenvalue weighted by molar-refractivity contribution is 0.0695. The predicted octanol–water partition coefficient (Wildman–Crippen LogP) is 6.90. The molecule has 2 N–H and O–H groups in total. The zero-order valence-electron chi connectivity index (χ0n) is 16.9. The molecule has 148 valence electrons. The van der Waals surface area contributed by atoms with E-state index in [1.807, 2.05) is 0 Å². The van der Waals surface area contributed by atoms with Crippen LogP contribution in [-0.2, 0) is 12.8 Å². The number of carboxylic acid groups (broad SMARTS) is 1. The number of aromatic carboxylic acids is 1. The summed E-state index contributed by atoms with van der Waals surface area (Å²) >= 11 is 0. The number of rotatable bonds is 15. The second kappa shape index (κ2) is 13.7. The van der Waals surface area contributed by atoms with Gasteiger partial charge in [0.05, 0.1) is 5.56 Å². The van der Waals surface area contributed by atoms with Gasteiger partial charge in [-0.05, 0) is 48.9 Å². The maximum Gasteiger partial charge on any atom is 0.335 e. The molecule has 26 heavy (non-hydrogen) atoms. The Hall–Kier alpha value is -1.51. The van der Waals surface area contributed by atoms with Gasteiger partial charge in [-0.15, -0.1) is 0 Å². The molecule has 1 rings (SSSR count). The molecule has 0 heterocycles. The monoisotopic (exact) mass is 362 g/mol. The van der Waals surface area contributed by atoms with Crippen molar-refractivity contribution in [1.29, 1.82) is 0 Å². The van der Waals surface area contributed by atoms with Crippen LogP contribution in [0.25, 0.3) is 0 Å². The first-order valence-corrected chi connectivity index (χ1v) is 10.7. The van der Waals surface area contributed by atoms with E-state index in [0.29, 0.717) is 5.56 Å². The molecule has 3 heteroatoms. The van der Waals surface area contributed by atoms with Gasteiger partial charge in [0, 0.05) is 0 Å². The molecular formula is C23H38O3. The third kappa shape index (κ3) is 8.25. The number of unbranched alkanes of at least 4 members (excludes halogenated alkanes) is 10. The van der Waals surface area contributed by atoms with Crippen LogP contribution >= 0.6 is 0 Å². The number of aromatic hydroxyl groups is 1. The summed E-state index contributed by atoms with van der Waals surface area (Å²) in [5.74, 6) is -0.615. The average Bonchev–Trinajstić information content (AvgIpc) is 2.62. The molecule has 0 fully saturated rings. The quantitative estimate of drug-likeness (QED) is 0.334. The van der Waals surface area contributed by atoms with Gasteiger partial charge < -0.3 is 10.2 Å². The molecule has 0 spiro atoms. The molecule has 3 nitrogen and oxygen atoms in total. The molecule has 0 aliphatic heterocycles. The SMILES string of the molecule is CCCCCCCCCCc1c(C(=O)O)ccc(O)c1CCCCCC. The van der Waals surface area contributed by atoms with E-state index in [2.05, 4.69) is 13.8 Å². The number of phenolic OH excluding ortho intramolecular Hbond substituents is 1. The Morgan fingerprint density at radius 3 is 1.73 bits per heavy atom. The Balaban J connectivity index is 2.61. The Kier molecular flexibility index (Phi) is 11.8. The minimum atomic E-state index is -0.880. The highest BCUT2D eigenvalue weighted by Gasteiger charge is 2.17. The van der Waals surface area contributed by atoms with Crippen LogP contribution in [0.4, 0.5) is 0 Å². The zero-order valence-corrected chi connectivity index (χ0v) is 16.9. The van der Waals surface area contributed by atoms with Crippen molar-refractivity contribution in [3.63, 3.8) is 0 Å². The summed E-state index contributed by atoms with van der Waals surface area (Å²) in [6.07, 6.45) is 15.9. The van der Waals surface area contributed by atoms with Crippen molar-refractivity contribution in [1.82, 2.24) is 0 Å². The summed E-state index contributed by atoms with van der Waals surface area (Å²) in [7, 11) is 0. The maximum absolute atomic E-state index is 11.6. The summed E-state index contributed by atoms with van der Waals surface area (Å²) in [6.45, 7) is 4.41. The minimum absolute atomic E-state index is 0.265. The average molecular weight is 363 g/mol. The second-order valence-corrected chi connectivity index (χ2v) is 7.43. The molecule has 1 aromatic rings. The van der Waals surface area contributed by atoms with Crippen molar-refractivity contribution in [3.05, 3.63) is 28.8 Å². The van der Waals surface area contributed by atoms with E-state index < -0.39 is 5.97 Å². The third-order valence-electron chi connectivity index (χ3n) is 5.20. The van der Waals surface area contributed by atoms with E-state index >= 15 is 0 Å². The van der Waals surface area contributed by atoms with E-state index in [1.54, 1.807) is 12.1 Å². The lowest BCUT2D eigenvalue weighted by Gasteiger charge is -2.15. The smallest absolute Gasteiger partial charge is 0.335 e. The summed E-state index contributed by atoms with van der Waals surface area (Å²) in [5.41, 5.74) is 2.10. The van der Waals surface area contributed by atoms with Crippen molar-refractivity contribution < 1.29 is 15.0 Å². The second-order valence-electron chi connectivity index (χ2n) is 7.43. The molecule has 0 unspecified atom stereocenters. The molecule has 0 bridgehead atoms. The molecular weight excluding hydrogens is 324 g/mol. The van der Waals surface area contributed by atoms with Crippen LogP contribution in [0.2, 0.25) is 0 Å². The van der Waals surface area contributed by atoms with Crippen LogP contribution in [0.15, 0.2) is 12.1 Å². The fourth-order valence-electron chi connectivity index (χ4n) is 3.61. The van der Waals surface area contributed by atoms with Gasteiger partial charge in [-0.2, -0.15) is 0 Å². The summed E-state index contributed by atoms with van der Waals surface area (Å²) in [4.78, 5) is 11.6. The molecule has 0 aliphatic carbocycles. The van der Waals surface area contributed by atoms with Crippen molar-refractivity contribution >= 4 is 5.97 Å². The van der Waals surface area contributed by atoms with E-state index in [1.165, 1.54) is 51.4 Å². The van der Waals surface area contributed by atoms with Crippen molar-refractivity contribution in [2.24, 2.45) is 0 Å². The standard InChI is InChI=1S/C23H38O3/c1-3-5-7-9-10-11-12-14-15-19-20(16-13-8-6-4-2)22(24)18-17-21(19)23(25)26/h17-18,24H,3-16H2,1-2H3,(H,25,26). The number of benzene rings is 1. The molecule has 0 saturated heterocycles. The topological polar surface area (TPSA) is 57.5 Å². The van der Waals surface area contributed by atoms with Gasteiger partial charge in [0.2, 0.25) is 0 Å². The van der Waals surface area contributed by atoms with E-state index in [4.69, 9.17) is 0 Å². The maximum atomic E-state index is 11.6. The fraction of sp³-hybridized carbons (Fsp3) is 0.696. The minimum Gasteiger partial charge on any atom is -0.508 e. The van der Waals surface area contributed by atoms with Gasteiger partial charge >= 0.3 is 5.97 Å². The highest BCUT2D eigenvalue weighted by Crippen LogP contribution is 2.28. The lowest BCUT2D eigenvalue weighted by Crippen LogP contribution is -2.07. The van der Waals surface area contributed by atoms with E-state index in [9.17, 15) is 15.0 Å². The van der Waals surface area contributed by atoms with E-state index in [0.717, 1.165) is 49.7 Å². The van der Waals surface area contributed by atoms with Crippen molar-refractivity contribution in [2.45, 2.75) is 104 Å². The fourth-order valence-corrected chi connectivity index (χ4v) is 3.61. The Morgan fingerprint density at radius 1 is 0.731 bits per heavy atom. The van der Waals surface area contributed by atoms with Crippen LogP contribution in [0.1, 0.15) is 112 Å². The number of hydrogen-bond acceptors (Lipinski definition) is 2. The molecule has 0 atom stereocenters. The van der Waals surface area contributed by atoms with Crippen molar-refractivity contribution in [2.75, 3.05) is 0 Å². The van der Waals surface area contributed by atoms with Crippen LogP contribution in [0.5, 0.6) is 5.75 Å². The van der Waals surface area contributed by atoms with Gasteiger partial charge in [0.1, 0.15) is 5.75 Å². The lowest BCUT2D eigenvalue weighted by atomic mass is 9.91. The third-order valence-corrected chi connectivity index (χ3v) is 5.20. The molecule has 0 saturated carbocycles. The summed E-state index contributed by atoms with van der Waals surface area (Å²) < 4.78 is 0. The van der Waals surface area contributed by atoms with Gasteiger partial charge in [-0.1, -0.05) is 78.1 Å². The molecule has 0 aliphatic rings. The number of carboxylic acids is 1. The normalized spacial score (nSPS) is 11.0. The first-order chi connectivity index (χ1) is 12.6. The van der Waals surface area contributed by atoms with Gasteiger partial charge in [0.15, 0.2) is 0 Å². The van der Waals surface area contributed by atoms with Gasteiger partial charge in [-0.3, -0.25) is 0 Å². The first-order valence-electron chi connectivity index (χ1n) is 10.7. The number of phenols is 1. The number of carbonyl (C=O) groups is 1. The Bertz CT molecular complexity index is 522. The van der Waals surface area contributed by atoms with Crippen LogP contribution in [-0.4, -0.2) is 16.2 Å². The van der Waals surface area contributed by atoms with Gasteiger partial charge in [0.25, 0.3) is 0 Å². The van der Waals surface area contributed by atoms with Gasteiger partial charge in [-0.25, -0.2) is 4.79 Å². The van der Waals surface area contributed by atoms with Crippen LogP contribution in [0.3, 0.4) is 0 Å². The molecule has 0 amide bonds. The summed E-state index contributed by atoms with van der Waals surface area (Å²) in [5, 5.41) is 19.8. The van der Waals surface area contributed by atoms with Crippen molar-refractivity contribution in [3.8, 4) is 5.75 Å². The zero-order chi connectivity index (χ0) is 19.2. The molecule has 0 aromatic heterocycles. The highest BCUT2D eigenvalue weighted by molar-refractivity contribution is 5.90. The van der Waals surface area contributed by atoms with E-state index in [-0.39, 0.29) is 5.75 Å². The summed E-state index contributed by atoms with van der Waals surface area (Å²) in [6, 6.07) is 3.11. The number of hydrogen-bond donors (Lipinski definition) is 2. The Morgan fingerprint density at radius 2 is 1.19 bits per heavy atom. The molecule has 0 radical (unpaired) electrons. The first kappa shape index (κ1) is 22.5. The predicted molar refractivity (Wildman–Crippen MR) is 109 cm³/mol. The Labute approximate surface area is 159 Å². The van der Waals surface area contributed by atoms with Crippen LogP contribution in [0, 0.1) is 0 Å². The largest absolute Gasteiger partial charge is 0.508 e. The van der Waals surface area contributed by atoms with Crippen LogP contribution < -0.4 is 0 Å². The molecule has 1 aromatic carbocycles. The highest BCUT2D eigenvalue weighted by atomic mass is 16.4.